The molecule has 2 aliphatic carbocycles. The number of hydrogen-bond donors (Lipinski definition) is 1. The number of benzene rings is 1. The number of piperidine rings is 1. The molecule has 3 aliphatic rings. The standard InChI is InChI=1S/C21H30N2O3S/c1-27(25,26)22-16-9-6-12-23(14-16)21(24)20-13-19(20)18-11-5-4-10-17(18)15-7-2-3-8-15/h4-5,10-11,15-16,19-20,22H,2-3,6-9,12-14H2,1H3/t16-,19+,20-/m1/s1. The largest absolute Gasteiger partial charge is 0.341 e. The average molecular weight is 391 g/mol. The Kier molecular flexibility index (Phi) is 5.30. The van der Waals surface area contributed by atoms with E-state index in [2.05, 4.69) is 29.0 Å². The van der Waals surface area contributed by atoms with E-state index in [-0.39, 0.29) is 17.9 Å². The van der Waals surface area contributed by atoms with Gasteiger partial charge in [-0.3, -0.25) is 4.79 Å². The summed E-state index contributed by atoms with van der Waals surface area (Å²) in [6.07, 6.45) is 8.95. The van der Waals surface area contributed by atoms with E-state index in [1.54, 1.807) is 0 Å². The molecule has 2 saturated carbocycles. The number of hydrogen-bond acceptors (Lipinski definition) is 3. The number of likely N-dealkylation sites (tertiary alicyclic amines) is 1. The third kappa shape index (κ3) is 4.37. The maximum atomic E-state index is 13.0. The predicted molar refractivity (Wildman–Crippen MR) is 106 cm³/mol. The lowest BCUT2D eigenvalue weighted by molar-refractivity contribution is -0.133. The Balaban J connectivity index is 1.42. The van der Waals surface area contributed by atoms with Gasteiger partial charge in [-0.2, -0.15) is 0 Å². The monoisotopic (exact) mass is 390 g/mol. The summed E-state index contributed by atoms with van der Waals surface area (Å²) in [6, 6.07) is 8.55. The summed E-state index contributed by atoms with van der Waals surface area (Å²) in [6.45, 7) is 1.24. The first-order chi connectivity index (χ1) is 12.9. The van der Waals surface area contributed by atoms with E-state index in [0.29, 0.717) is 18.4 Å². The van der Waals surface area contributed by atoms with Gasteiger partial charge in [0.15, 0.2) is 0 Å². The molecule has 1 saturated heterocycles. The van der Waals surface area contributed by atoms with Gasteiger partial charge in [0.1, 0.15) is 0 Å². The second-order valence-corrected chi connectivity index (χ2v) is 10.4. The van der Waals surface area contributed by atoms with Crippen molar-refractivity contribution in [3.05, 3.63) is 35.4 Å². The molecule has 5 nitrogen and oxygen atoms in total. The molecule has 1 heterocycles. The molecular formula is C21H30N2O3S. The van der Waals surface area contributed by atoms with Gasteiger partial charge < -0.3 is 4.90 Å². The highest BCUT2D eigenvalue weighted by atomic mass is 32.2. The number of nitrogens with zero attached hydrogens (tertiary/aromatic N) is 1. The van der Waals surface area contributed by atoms with Crippen molar-refractivity contribution in [1.29, 1.82) is 0 Å². The number of carbonyl (C=O) groups is 1. The molecule has 0 unspecified atom stereocenters. The Hall–Kier alpha value is -1.40. The second kappa shape index (κ2) is 7.55. The molecule has 1 aliphatic heterocycles. The van der Waals surface area contributed by atoms with Crippen LogP contribution < -0.4 is 4.72 Å². The van der Waals surface area contributed by atoms with Crippen LogP contribution in [0.25, 0.3) is 0 Å². The summed E-state index contributed by atoms with van der Waals surface area (Å²) in [7, 11) is -3.23. The maximum Gasteiger partial charge on any atom is 0.226 e. The molecule has 0 radical (unpaired) electrons. The van der Waals surface area contributed by atoms with Crippen LogP contribution in [0.5, 0.6) is 0 Å². The fourth-order valence-electron chi connectivity index (χ4n) is 5.08. The molecule has 0 aromatic heterocycles. The van der Waals surface area contributed by atoms with Crippen LogP contribution in [0.2, 0.25) is 0 Å². The van der Waals surface area contributed by atoms with Crippen LogP contribution in [-0.4, -0.2) is 44.6 Å². The Morgan fingerprint density at radius 3 is 2.48 bits per heavy atom. The summed E-state index contributed by atoms with van der Waals surface area (Å²) in [5.41, 5.74) is 2.84. The molecule has 6 heteroatoms. The van der Waals surface area contributed by atoms with Crippen LogP contribution in [0.1, 0.15) is 67.9 Å². The summed E-state index contributed by atoms with van der Waals surface area (Å²) in [5.74, 6) is 1.29. The van der Waals surface area contributed by atoms with Crippen LogP contribution in [0.4, 0.5) is 0 Å². The average Bonchev–Trinajstić information content (AvgIpc) is 3.24. The first kappa shape index (κ1) is 18.9. The Bertz CT molecular complexity index is 801. The smallest absolute Gasteiger partial charge is 0.226 e. The number of rotatable bonds is 5. The van der Waals surface area contributed by atoms with Crippen LogP contribution in [0, 0.1) is 5.92 Å². The zero-order valence-electron chi connectivity index (χ0n) is 16.1. The molecule has 3 fully saturated rings. The molecule has 1 amide bonds. The van der Waals surface area contributed by atoms with Gasteiger partial charge in [0.2, 0.25) is 15.9 Å². The van der Waals surface area contributed by atoms with Crippen molar-refractivity contribution in [3.63, 3.8) is 0 Å². The minimum absolute atomic E-state index is 0.0736. The molecule has 1 aromatic carbocycles. The lowest BCUT2D eigenvalue weighted by atomic mass is 9.90. The van der Waals surface area contributed by atoms with Crippen molar-refractivity contribution in [2.45, 2.75) is 62.8 Å². The minimum atomic E-state index is -3.23. The van der Waals surface area contributed by atoms with Crippen molar-refractivity contribution in [1.82, 2.24) is 9.62 Å². The zero-order chi connectivity index (χ0) is 19.0. The van der Waals surface area contributed by atoms with Gasteiger partial charge >= 0.3 is 0 Å². The third-order valence-corrected chi connectivity index (χ3v) is 7.17. The predicted octanol–water partition coefficient (Wildman–Crippen LogP) is 2.99. The lowest BCUT2D eigenvalue weighted by Gasteiger charge is -2.33. The van der Waals surface area contributed by atoms with Gasteiger partial charge in [0.05, 0.1) is 6.26 Å². The topological polar surface area (TPSA) is 66.5 Å². The fraction of sp³-hybridized carbons (Fsp3) is 0.667. The number of sulfonamides is 1. The van der Waals surface area contributed by atoms with E-state index in [0.717, 1.165) is 25.8 Å². The van der Waals surface area contributed by atoms with Crippen LogP contribution in [0.3, 0.4) is 0 Å². The van der Waals surface area contributed by atoms with E-state index in [4.69, 9.17) is 0 Å². The third-order valence-electron chi connectivity index (χ3n) is 6.41. The summed E-state index contributed by atoms with van der Waals surface area (Å²) in [5, 5.41) is 0. The highest BCUT2D eigenvalue weighted by Gasteiger charge is 2.47. The van der Waals surface area contributed by atoms with E-state index in [1.165, 1.54) is 43.1 Å². The van der Waals surface area contributed by atoms with E-state index in [1.807, 2.05) is 4.90 Å². The second-order valence-electron chi connectivity index (χ2n) is 8.57. The number of amides is 1. The van der Waals surface area contributed by atoms with E-state index in [9.17, 15) is 13.2 Å². The Labute approximate surface area is 162 Å². The summed E-state index contributed by atoms with van der Waals surface area (Å²) in [4.78, 5) is 14.9. The van der Waals surface area contributed by atoms with Gasteiger partial charge in [-0.25, -0.2) is 13.1 Å². The highest BCUT2D eigenvalue weighted by molar-refractivity contribution is 7.88. The van der Waals surface area contributed by atoms with Crippen LogP contribution >= 0.6 is 0 Å². The van der Waals surface area contributed by atoms with Gasteiger partial charge in [-0.1, -0.05) is 37.1 Å². The molecule has 148 valence electrons. The van der Waals surface area contributed by atoms with E-state index >= 15 is 0 Å². The lowest BCUT2D eigenvalue weighted by Crippen LogP contribution is -2.49. The highest BCUT2D eigenvalue weighted by Crippen LogP contribution is 2.52. The Morgan fingerprint density at radius 2 is 1.78 bits per heavy atom. The molecule has 0 spiro atoms. The molecule has 0 bridgehead atoms. The van der Waals surface area contributed by atoms with Gasteiger partial charge in [-0.15, -0.1) is 0 Å². The molecule has 27 heavy (non-hydrogen) atoms. The Morgan fingerprint density at radius 1 is 1.07 bits per heavy atom. The SMILES string of the molecule is CS(=O)(=O)N[C@@H]1CCCN(C(=O)[C@@H]2C[C@H]2c2ccccc2C2CCCC2)C1. The quantitative estimate of drug-likeness (QED) is 0.840. The molecule has 4 rings (SSSR count). The normalized spacial score (nSPS) is 29.1. The molecule has 1 aromatic rings. The molecule has 3 atom stereocenters. The molecule has 1 N–H and O–H groups in total. The summed E-state index contributed by atoms with van der Waals surface area (Å²) < 4.78 is 25.7. The van der Waals surface area contributed by atoms with E-state index < -0.39 is 10.0 Å². The first-order valence-corrected chi connectivity index (χ1v) is 12.2. The van der Waals surface area contributed by atoms with Gasteiger partial charge in [-0.05, 0) is 55.1 Å². The van der Waals surface area contributed by atoms with Crippen molar-refractivity contribution in [3.8, 4) is 0 Å². The van der Waals surface area contributed by atoms with Crippen molar-refractivity contribution >= 4 is 15.9 Å². The van der Waals surface area contributed by atoms with Crippen molar-refractivity contribution in [2.24, 2.45) is 5.92 Å². The fourth-order valence-corrected chi connectivity index (χ4v) is 5.88. The summed E-state index contributed by atoms with van der Waals surface area (Å²) >= 11 is 0. The molecular weight excluding hydrogens is 360 g/mol. The zero-order valence-corrected chi connectivity index (χ0v) is 16.9. The number of nitrogens with one attached hydrogen (secondary N) is 1. The first-order valence-electron chi connectivity index (χ1n) is 10.3. The van der Waals surface area contributed by atoms with Gasteiger partial charge in [0, 0.05) is 25.0 Å². The minimum Gasteiger partial charge on any atom is -0.341 e. The maximum absolute atomic E-state index is 13.0. The van der Waals surface area contributed by atoms with Crippen molar-refractivity contribution < 1.29 is 13.2 Å². The van der Waals surface area contributed by atoms with Crippen LogP contribution in [0.15, 0.2) is 24.3 Å². The van der Waals surface area contributed by atoms with Gasteiger partial charge in [0.25, 0.3) is 0 Å². The van der Waals surface area contributed by atoms with Crippen LogP contribution in [-0.2, 0) is 14.8 Å². The number of carbonyl (C=O) groups excluding carboxylic acids is 1. The van der Waals surface area contributed by atoms with Crippen molar-refractivity contribution in [2.75, 3.05) is 19.3 Å².